The summed E-state index contributed by atoms with van der Waals surface area (Å²) in [7, 11) is 0. The highest BCUT2D eigenvalue weighted by Crippen LogP contribution is 2.50. The first-order valence-corrected chi connectivity index (χ1v) is 4.75. The molecule has 2 saturated carbocycles. The Kier molecular flexibility index (Phi) is 1.90. The van der Waals surface area contributed by atoms with Crippen LogP contribution in [-0.2, 0) is 0 Å². The molecule has 0 radical (unpaired) electrons. The van der Waals surface area contributed by atoms with Crippen LogP contribution in [0.5, 0.6) is 0 Å². The summed E-state index contributed by atoms with van der Waals surface area (Å²) in [6.07, 6.45) is 4.15. The van der Waals surface area contributed by atoms with Crippen molar-refractivity contribution >= 4 is 0 Å². The van der Waals surface area contributed by atoms with E-state index in [0.717, 1.165) is 36.8 Å². The maximum absolute atomic E-state index is 5.68. The minimum atomic E-state index is 0.836. The first-order valence-electron chi connectivity index (χ1n) is 4.75. The van der Waals surface area contributed by atoms with Crippen molar-refractivity contribution in [3.8, 4) is 0 Å². The van der Waals surface area contributed by atoms with Gasteiger partial charge in [-0.25, -0.2) is 0 Å². The maximum atomic E-state index is 5.68. The summed E-state index contributed by atoms with van der Waals surface area (Å²) in [5.41, 5.74) is 11.4. The van der Waals surface area contributed by atoms with Crippen LogP contribution in [0, 0.1) is 23.7 Å². The van der Waals surface area contributed by atoms with Crippen LogP contribution >= 0.6 is 0 Å². The average Bonchev–Trinajstić information content (AvgIpc) is 2.60. The van der Waals surface area contributed by atoms with E-state index >= 15 is 0 Å². The topological polar surface area (TPSA) is 52.0 Å². The number of fused-ring (bicyclic) bond motifs is 2. The lowest BCUT2D eigenvalue weighted by Gasteiger charge is -2.25. The van der Waals surface area contributed by atoms with Gasteiger partial charge >= 0.3 is 0 Å². The fourth-order valence-corrected chi connectivity index (χ4v) is 3.09. The van der Waals surface area contributed by atoms with E-state index in [0.29, 0.717) is 0 Å². The fourth-order valence-electron chi connectivity index (χ4n) is 3.09. The molecule has 0 aliphatic heterocycles. The molecular formula is C9H18N2. The predicted octanol–water partition coefficient (Wildman–Crippen LogP) is 0.566. The highest BCUT2D eigenvalue weighted by atomic mass is 14.6. The Morgan fingerprint density at radius 2 is 1.27 bits per heavy atom. The molecule has 2 heteroatoms. The molecule has 2 unspecified atom stereocenters. The zero-order valence-electron chi connectivity index (χ0n) is 7.00. The zero-order valence-corrected chi connectivity index (χ0v) is 7.00. The molecule has 2 rings (SSSR count). The van der Waals surface area contributed by atoms with Gasteiger partial charge in [-0.3, -0.25) is 0 Å². The minimum Gasteiger partial charge on any atom is -0.330 e. The van der Waals surface area contributed by atoms with Crippen molar-refractivity contribution in [1.29, 1.82) is 0 Å². The summed E-state index contributed by atoms with van der Waals surface area (Å²) in [6, 6.07) is 0. The van der Waals surface area contributed by atoms with E-state index in [-0.39, 0.29) is 0 Å². The van der Waals surface area contributed by atoms with E-state index in [4.69, 9.17) is 11.5 Å². The molecule has 2 nitrogen and oxygen atoms in total. The Bertz CT molecular complexity index is 130. The van der Waals surface area contributed by atoms with Gasteiger partial charge in [0.05, 0.1) is 0 Å². The summed E-state index contributed by atoms with van der Waals surface area (Å²) >= 11 is 0. The van der Waals surface area contributed by atoms with Crippen molar-refractivity contribution in [1.82, 2.24) is 0 Å². The van der Waals surface area contributed by atoms with E-state index in [9.17, 15) is 0 Å². The summed E-state index contributed by atoms with van der Waals surface area (Å²) in [6.45, 7) is 1.80. The van der Waals surface area contributed by atoms with E-state index in [2.05, 4.69) is 0 Å². The smallest absolute Gasteiger partial charge is 0.00461 e. The van der Waals surface area contributed by atoms with E-state index < -0.39 is 0 Å². The third kappa shape index (κ3) is 1.09. The molecule has 0 aromatic heterocycles. The molecule has 0 aromatic rings. The van der Waals surface area contributed by atoms with Gasteiger partial charge < -0.3 is 11.5 Å². The summed E-state index contributed by atoms with van der Waals surface area (Å²) in [5, 5.41) is 0. The highest BCUT2D eigenvalue weighted by Gasteiger charge is 2.44. The lowest BCUT2D eigenvalue weighted by atomic mass is 9.82. The van der Waals surface area contributed by atoms with Crippen molar-refractivity contribution in [3.05, 3.63) is 0 Å². The van der Waals surface area contributed by atoms with E-state index in [1.165, 1.54) is 19.3 Å². The van der Waals surface area contributed by atoms with Crippen molar-refractivity contribution < 1.29 is 0 Å². The first kappa shape index (κ1) is 7.56. The Labute approximate surface area is 68.3 Å². The molecule has 0 heterocycles. The molecule has 11 heavy (non-hydrogen) atoms. The van der Waals surface area contributed by atoms with Gasteiger partial charge in [0.1, 0.15) is 0 Å². The molecule has 4 N–H and O–H groups in total. The quantitative estimate of drug-likeness (QED) is 0.611. The van der Waals surface area contributed by atoms with Crippen molar-refractivity contribution in [2.45, 2.75) is 19.3 Å². The molecule has 0 spiro atoms. The molecule has 64 valence electrons. The van der Waals surface area contributed by atoms with Crippen LogP contribution in [0.15, 0.2) is 0 Å². The molecule has 4 atom stereocenters. The number of rotatable bonds is 2. The normalized spacial score (nSPS) is 48.5. The van der Waals surface area contributed by atoms with Crippen LogP contribution in [0.25, 0.3) is 0 Å². The second-order valence-electron chi connectivity index (χ2n) is 4.22. The van der Waals surface area contributed by atoms with Crippen LogP contribution in [0.1, 0.15) is 19.3 Å². The van der Waals surface area contributed by atoms with Gasteiger partial charge in [0.25, 0.3) is 0 Å². The van der Waals surface area contributed by atoms with E-state index in [1.54, 1.807) is 0 Å². The van der Waals surface area contributed by atoms with Gasteiger partial charge in [-0.1, -0.05) is 0 Å². The molecule has 0 saturated heterocycles. The van der Waals surface area contributed by atoms with Gasteiger partial charge in [-0.2, -0.15) is 0 Å². The molecule has 2 aliphatic carbocycles. The third-order valence-corrected chi connectivity index (χ3v) is 3.76. The van der Waals surface area contributed by atoms with Gasteiger partial charge in [0, 0.05) is 0 Å². The van der Waals surface area contributed by atoms with Crippen LogP contribution in [0.3, 0.4) is 0 Å². The lowest BCUT2D eigenvalue weighted by Crippen LogP contribution is -2.27. The van der Waals surface area contributed by atoms with Crippen molar-refractivity contribution in [2.24, 2.45) is 35.1 Å². The number of hydrogen-bond donors (Lipinski definition) is 2. The van der Waals surface area contributed by atoms with Crippen molar-refractivity contribution in [3.63, 3.8) is 0 Å². The average molecular weight is 154 g/mol. The summed E-state index contributed by atoms with van der Waals surface area (Å²) < 4.78 is 0. The Hall–Kier alpha value is -0.0800. The standard InChI is InChI=1S/C9H18N2/c10-4-8-2-6-1-7(8)3-9(6)5-11/h6-9H,1-5,10-11H2/t6?,7?,8-,9-/m1/s1. The summed E-state index contributed by atoms with van der Waals surface area (Å²) in [5.74, 6) is 3.53. The second kappa shape index (κ2) is 2.76. The minimum absolute atomic E-state index is 0.836. The summed E-state index contributed by atoms with van der Waals surface area (Å²) in [4.78, 5) is 0. The monoisotopic (exact) mass is 154 g/mol. The van der Waals surface area contributed by atoms with Gasteiger partial charge in [-0.15, -0.1) is 0 Å². The second-order valence-corrected chi connectivity index (χ2v) is 4.22. The third-order valence-electron chi connectivity index (χ3n) is 3.76. The van der Waals surface area contributed by atoms with Crippen LogP contribution in [0.4, 0.5) is 0 Å². The van der Waals surface area contributed by atoms with E-state index in [1.807, 2.05) is 0 Å². The largest absolute Gasteiger partial charge is 0.330 e. The Morgan fingerprint density at radius 3 is 1.55 bits per heavy atom. The molecular weight excluding hydrogens is 136 g/mol. The van der Waals surface area contributed by atoms with Gasteiger partial charge in [-0.05, 0) is 56.0 Å². The Balaban J connectivity index is 1.97. The van der Waals surface area contributed by atoms with Crippen molar-refractivity contribution in [2.75, 3.05) is 13.1 Å². The first-order chi connectivity index (χ1) is 5.35. The molecule has 2 bridgehead atoms. The molecule has 0 aromatic carbocycles. The van der Waals surface area contributed by atoms with Crippen LogP contribution in [0.2, 0.25) is 0 Å². The maximum Gasteiger partial charge on any atom is -0.00461 e. The number of hydrogen-bond acceptors (Lipinski definition) is 2. The molecule has 2 fully saturated rings. The van der Waals surface area contributed by atoms with Crippen LogP contribution in [-0.4, -0.2) is 13.1 Å². The molecule has 0 amide bonds. The predicted molar refractivity (Wildman–Crippen MR) is 45.9 cm³/mol. The van der Waals surface area contributed by atoms with Gasteiger partial charge in [0.15, 0.2) is 0 Å². The zero-order chi connectivity index (χ0) is 7.84. The number of nitrogens with two attached hydrogens (primary N) is 2. The van der Waals surface area contributed by atoms with Crippen LogP contribution < -0.4 is 11.5 Å². The lowest BCUT2D eigenvalue weighted by molar-refractivity contribution is 0.267. The fraction of sp³-hybridized carbons (Fsp3) is 1.00. The SMILES string of the molecule is NC[C@H]1CC2CC1C[C@@H]2CN. The van der Waals surface area contributed by atoms with Gasteiger partial charge in [0.2, 0.25) is 0 Å². The Morgan fingerprint density at radius 1 is 0.818 bits per heavy atom. The highest BCUT2D eigenvalue weighted by molar-refractivity contribution is 4.95. The molecule has 2 aliphatic rings.